The lowest BCUT2D eigenvalue weighted by Crippen LogP contribution is -2.05. The van der Waals surface area contributed by atoms with Gasteiger partial charge in [-0.25, -0.2) is 4.39 Å². The van der Waals surface area contributed by atoms with Crippen LogP contribution in [0.1, 0.15) is 5.69 Å². The van der Waals surface area contributed by atoms with E-state index in [9.17, 15) is 4.39 Å². The van der Waals surface area contributed by atoms with E-state index in [1.807, 2.05) is 18.2 Å². The minimum Gasteiger partial charge on any atom is -0.327 e. The van der Waals surface area contributed by atoms with Crippen molar-refractivity contribution >= 4 is 0 Å². The lowest BCUT2D eigenvalue weighted by atomic mass is 10.1. The molecule has 1 aromatic heterocycles. The van der Waals surface area contributed by atoms with E-state index in [-0.39, 0.29) is 6.54 Å². The summed E-state index contributed by atoms with van der Waals surface area (Å²) in [6.45, 7) is 0.243. The molecule has 2 N–H and O–H groups in total. The Morgan fingerprint density at radius 2 is 2.42 bits per heavy atom. The Balaban J connectivity index is 2.64. The van der Waals surface area contributed by atoms with Crippen molar-refractivity contribution in [2.24, 2.45) is 5.73 Å². The third-order valence-electron chi connectivity index (χ3n) is 1.55. The Morgan fingerprint density at radius 1 is 1.58 bits per heavy atom. The number of rotatable bonds is 3. The second-order valence-corrected chi connectivity index (χ2v) is 2.47. The highest BCUT2D eigenvalue weighted by Gasteiger charge is 1.97. The van der Waals surface area contributed by atoms with Gasteiger partial charge in [0, 0.05) is 24.9 Å². The molecule has 0 atom stereocenters. The topological polar surface area (TPSA) is 38.9 Å². The molecule has 0 aliphatic rings. The van der Waals surface area contributed by atoms with Gasteiger partial charge in [0.05, 0.1) is 6.33 Å². The molecule has 0 spiro atoms. The second-order valence-electron chi connectivity index (χ2n) is 2.47. The summed E-state index contributed by atoms with van der Waals surface area (Å²) in [7, 11) is 0. The van der Waals surface area contributed by atoms with Crippen LogP contribution in [0.5, 0.6) is 0 Å². The number of nitrogens with zero attached hydrogens (tertiary/aromatic N) is 1. The van der Waals surface area contributed by atoms with Gasteiger partial charge in [-0.2, -0.15) is 0 Å². The standard InChI is InChI=1S/C9H11FN2/c10-6-8(7-11)5-9-3-1-2-4-12-9/h1-4,6H,5,7,11H2/b8-6+. The summed E-state index contributed by atoms with van der Waals surface area (Å²) in [5, 5.41) is 0. The van der Waals surface area contributed by atoms with Crippen molar-refractivity contribution in [1.29, 1.82) is 0 Å². The molecule has 0 amide bonds. The molecule has 0 unspecified atom stereocenters. The number of nitrogens with two attached hydrogens (primary N) is 1. The van der Waals surface area contributed by atoms with Gasteiger partial charge < -0.3 is 5.73 Å². The van der Waals surface area contributed by atoms with Gasteiger partial charge in [0.1, 0.15) is 0 Å². The largest absolute Gasteiger partial charge is 0.327 e. The summed E-state index contributed by atoms with van der Waals surface area (Å²) in [5.41, 5.74) is 6.70. The predicted octanol–water partition coefficient (Wildman–Crippen LogP) is 1.44. The average Bonchev–Trinajstić information content (AvgIpc) is 2.16. The third-order valence-corrected chi connectivity index (χ3v) is 1.55. The van der Waals surface area contributed by atoms with Gasteiger partial charge in [-0.3, -0.25) is 4.98 Å². The van der Waals surface area contributed by atoms with Crippen molar-refractivity contribution in [2.75, 3.05) is 6.54 Å². The molecule has 0 bridgehead atoms. The highest BCUT2D eigenvalue weighted by molar-refractivity contribution is 5.14. The molecule has 0 saturated heterocycles. The number of hydrogen-bond donors (Lipinski definition) is 1. The van der Waals surface area contributed by atoms with E-state index in [1.165, 1.54) is 0 Å². The normalized spacial score (nSPS) is 11.7. The van der Waals surface area contributed by atoms with Crippen LogP contribution >= 0.6 is 0 Å². The third kappa shape index (κ3) is 2.43. The first-order valence-electron chi connectivity index (χ1n) is 3.75. The first-order valence-corrected chi connectivity index (χ1v) is 3.75. The molecule has 64 valence electrons. The van der Waals surface area contributed by atoms with Gasteiger partial charge in [0.2, 0.25) is 0 Å². The zero-order valence-corrected chi connectivity index (χ0v) is 6.70. The van der Waals surface area contributed by atoms with Crippen LogP contribution in [0.15, 0.2) is 36.3 Å². The SMILES string of the molecule is NC/C(=C/F)Cc1ccccn1. The van der Waals surface area contributed by atoms with Crippen LogP contribution in [-0.2, 0) is 6.42 Å². The van der Waals surface area contributed by atoms with E-state index in [4.69, 9.17) is 5.73 Å². The molecule has 1 aromatic rings. The summed E-state index contributed by atoms with van der Waals surface area (Å²) in [6.07, 6.45) is 2.73. The molecule has 1 rings (SSSR count). The van der Waals surface area contributed by atoms with Crippen molar-refractivity contribution in [3.8, 4) is 0 Å². The van der Waals surface area contributed by atoms with E-state index in [0.717, 1.165) is 5.69 Å². The lowest BCUT2D eigenvalue weighted by molar-refractivity contribution is 0.698. The fourth-order valence-corrected chi connectivity index (χ4v) is 0.891. The molecule has 2 nitrogen and oxygen atoms in total. The molecular weight excluding hydrogens is 155 g/mol. The number of pyridine rings is 1. The molecule has 1 heterocycles. The molecule has 0 saturated carbocycles. The number of hydrogen-bond acceptors (Lipinski definition) is 2. The summed E-state index contributed by atoms with van der Waals surface area (Å²) < 4.78 is 12.1. The molecule has 12 heavy (non-hydrogen) atoms. The molecule has 0 fully saturated rings. The van der Waals surface area contributed by atoms with Gasteiger partial charge in [-0.15, -0.1) is 0 Å². The van der Waals surface area contributed by atoms with Crippen LogP contribution in [0.3, 0.4) is 0 Å². The molecule has 0 aliphatic heterocycles. The highest BCUT2D eigenvalue weighted by Crippen LogP contribution is 2.03. The summed E-state index contributed by atoms with van der Waals surface area (Å²) in [4.78, 5) is 4.05. The summed E-state index contributed by atoms with van der Waals surface area (Å²) >= 11 is 0. The minimum absolute atomic E-state index is 0.243. The van der Waals surface area contributed by atoms with Crippen molar-refractivity contribution in [2.45, 2.75) is 6.42 Å². The quantitative estimate of drug-likeness (QED) is 0.737. The van der Waals surface area contributed by atoms with Gasteiger partial charge in [0.25, 0.3) is 0 Å². The van der Waals surface area contributed by atoms with Crippen LogP contribution in [-0.4, -0.2) is 11.5 Å². The smallest absolute Gasteiger partial charge is 0.0875 e. The maximum absolute atomic E-state index is 12.1. The van der Waals surface area contributed by atoms with Crippen molar-refractivity contribution in [3.63, 3.8) is 0 Å². The molecule has 0 aliphatic carbocycles. The minimum atomic E-state index is 0.243. The van der Waals surface area contributed by atoms with E-state index >= 15 is 0 Å². The van der Waals surface area contributed by atoms with Gasteiger partial charge >= 0.3 is 0 Å². The molecule has 3 heteroatoms. The van der Waals surface area contributed by atoms with Crippen molar-refractivity contribution in [1.82, 2.24) is 4.98 Å². The second kappa shape index (κ2) is 4.62. The van der Waals surface area contributed by atoms with Crippen LogP contribution < -0.4 is 5.73 Å². The van der Waals surface area contributed by atoms with E-state index in [2.05, 4.69) is 4.98 Å². The Labute approximate surface area is 70.9 Å². The zero-order valence-electron chi connectivity index (χ0n) is 6.70. The van der Waals surface area contributed by atoms with Crippen molar-refractivity contribution < 1.29 is 4.39 Å². The first kappa shape index (κ1) is 8.87. The van der Waals surface area contributed by atoms with Crippen LogP contribution in [0, 0.1) is 0 Å². The Kier molecular flexibility index (Phi) is 3.41. The van der Waals surface area contributed by atoms with Crippen LogP contribution in [0.25, 0.3) is 0 Å². The van der Waals surface area contributed by atoms with Crippen LogP contribution in [0.4, 0.5) is 4.39 Å². The number of aromatic nitrogens is 1. The predicted molar refractivity (Wildman–Crippen MR) is 46.2 cm³/mol. The molecule has 0 aromatic carbocycles. The van der Waals surface area contributed by atoms with E-state index < -0.39 is 0 Å². The van der Waals surface area contributed by atoms with Gasteiger partial charge in [-0.1, -0.05) is 6.07 Å². The lowest BCUT2D eigenvalue weighted by Gasteiger charge is -2.00. The fourth-order valence-electron chi connectivity index (χ4n) is 0.891. The van der Waals surface area contributed by atoms with Crippen molar-refractivity contribution in [3.05, 3.63) is 42.0 Å². The Morgan fingerprint density at radius 3 is 2.92 bits per heavy atom. The average molecular weight is 166 g/mol. The first-order chi connectivity index (χ1) is 5.86. The molecular formula is C9H11FN2. The highest BCUT2D eigenvalue weighted by atomic mass is 19.1. The van der Waals surface area contributed by atoms with Gasteiger partial charge in [0.15, 0.2) is 0 Å². The maximum atomic E-state index is 12.1. The van der Waals surface area contributed by atoms with Gasteiger partial charge in [-0.05, 0) is 17.7 Å². The zero-order chi connectivity index (χ0) is 8.81. The Hall–Kier alpha value is -1.22. The Bertz CT molecular complexity index is 256. The fraction of sp³-hybridized carbons (Fsp3) is 0.222. The number of halogens is 1. The summed E-state index contributed by atoms with van der Waals surface area (Å²) in [6, 6.07) is 5.54. The van der Waals surface area contributed by atoms with Crippen LogP contribution in [0.2, 0.25) is 0 Å². The van der Waals surface area contributed by atoms with E-state index in [1.54, 1.807) is 6.20 Å². The molecule has 0 radical (unpaired) electrons. The van der Waals surface area contributed by atoms with E-state index in [0.29, 0.717) is 18.3 Å². The maximum Gasteiger partial charge on any atom is 0.0875 e. The summed E-state index contributed by atoms with van der Waals surface area (Å²) in [5.74, 6) is 0. The monoisotopic (exact) mass is 166 g/mol.